The van der Waals surface area contributed by atoms with Gasteiger partial charge < -0.3 is 5.32 Å². The maximum atomic E-state index is 3.83. The maximum absolute atomic E-state index is 3.83. The second kappa shape index (κ2) is 13.8. The summed E-state index contributed by atoms with van der Waals surface area (Å²) in [7, 11) is 2.03. The van der Waals surface area contributed by atoms with Crippen molar-refractivity contribution in [2.75, 3.05) is 13.6 Å². The molecule has 1 nitrogen and oxygen atoms in total. The lowest BCUT2D eigenvalue weighted by molar-refractivity contribution is 0.525. The molecule has 0 aromatic heterocycles. The van der Waals surface area contributed by atoms with Crippen molar-refractivity contribution in [3.05, 3.63) is 12.7 Å². The molecule has 0 saturated heterocycles. The van der Waals surface area contributed by atoms with E-state index in [2.05, 4.69) is 24.9 Å². The second-order valence-corrected chi connectivity index (χ2v) is 5.29. The van der Waals surface area contributed by atoms with Crippen LogP contribution in [0.4, 0.5) is 0 Å². The molecular formula is C16H33N. The van der Waals surface area contributed by atoms with E-state index in [-0.39, 0.29) is 0 Å². The largest absolute Gasteiger partial charge is 0.320 e. The molecule has 0 fully saturated rings. The van der Waals surface area contributed by atoms with Crippen molar-refractivity contribution >= 4 is 0 Å². The van der Waals surface area contributed by atoms with Crippen LogP contribution in [0.5, 0.6) is 0 Å². The Morgan fingerprint density at radius 2 is 1.35 bits per heavy atom. The first-order valence-electron chi connectivity index (χ1n) is 7.58. The van der Waals surface area contributed by atoms with Crippen LogP contribution < -0.4 is 5.32 Å². The van der Waals surface area contributed by atoms with Crippen molar-refractivity contribution < 1.29 is 0 Å². The van der Waals surface area contributed by atoms with Crippen LogP contribution in [0.1, 0.15) is 71.1 Å². The number of unbranched alkanes of at least 4 members (excludes halogenated alkanes) is 8. The predicted octanol–water partition coefficient (Wildman–Crippen LogP) is 4.93. The van der Waals surface area contributed by atoms with Gasteiger partial charge in [0.2, 0.25) is 0 Å². The number of nitrogens with one attached hydrogen (secondary N) is 1. The van der Waals surface area contributed by atoms with E-state index in [1.165, 1.54) is 70.8 Å². The molecule has 0 aromatic carbocycles. The highest BCUT2D eigenvalue weighted by Crippen LogP contribution is 2.13. The van der Waals surface area contributed by atoms with E-state index in [0.29, 0.717) is 5.92 Å². The van der Waals surface area contributed by atoms with Gasteiger partial charge in [-0.05, 0) is 32.4 Å². The summed E-state index contributed by atoms with van der Waals surface area (Å²) >= 11 is 0. The Hall–Kier alpha value is -0.300. The second-order valence-electron chi connectivity index (χ2n) is 5.29. The summed E-state index contributed by atoms with van der Waals surface area (Å²) in [5.41, 5.74) is 0. The van der Waals surface area contributed by atoms with Gasteiger partial charge in [-0.3, -0.25) is 0 Å². The molecule has 0 amide bonds. The molecule has 102 valence electrons. The minimum absolute atomic E-state index is 0.710. The average Bonchev–Trinajstić information content (AvgIpc) is 2.35. The summed E-state index contributed by atoms with van der Waals surface area (Å²) < 4.78 is 0. The van der Waals surface area contributed by atoms with Gasteiger partial charge in [-0.1, -0.05) is 64.4 Å². The van der Waals surface area contributed by atoms with Crippen LogP contribution in [-0.2, 0) is 0 Å². The number of rotatable bonds is 13. The SMILES string of the molecule is C=CC(C)CCCCCCCCCCCNC. The lowest BCUT2D eigenvalue weighted by Gasteiger charge is -2.05. The summed E-state index contributed by atoms with van der Waals surface area (Å²) in [4.78, 5) is 0. The zero-order valence-electron chi connectivity index (χ0n) is 12.1. The van der Waals surface area contributed by atoms with Crippen LogP contribution in [0.2, 0.25) is 0 Å². The highest BCUT2D eigenvalue weighted by Gasteiger charge is 1.96. The molecular weight excluding hydrogens is 206 g/mol. The Kier molecular flexibility index (Phi) is 13.5. The van der Waals surface area contributed by atoms with Crippen LogP contribution in [0.15, 0.2) is 12.7 Å². The first-order chi connectivity index (χ1) is 8.31. The molecule has 0 aliphatic rings. The zero-order valence-corrected chi connectivity index (χ0v) is 12.1. The van der Waals surface area contributed by atoms with Crippen molar-refractivity contribution in [2.24, 2.45) is 5.92 Å². The lowest BCUT2D eigenvalue weighted by atomic mass is 10.0. The van der Waals surface area contributed by atoms with E-state index in [4.69, 9.17) is 0 Å². The van der Waals surface area contributed by atoms with Gasteiger partial charge in [-0.15, -0.1) is 6.58 Å². The fraction of sp³-hybridized carbons (Fsp3) is 0.875. The Balaban J connectivity index is 2.96. The maximum Gasteiger partial charge on any atom is -0.00519 e. The predicted molar refractivity (Wildman–Crippen MR) is 79.5 cm³/mol. The van der Waals surface area contributed by atoms with Crippen molar-refractivity contribution in [1.29, 1.82) is 0 Å². The third-order valence-electron chi connectivity index (χ3n) is 3.49. The molecule has 0 saturated carbocycles. The summed E-state index contributed by atoms with van der Waals surface area (Å²) in [6.07, 6.45) is 16.1. The standard InChI is InChI=1S/C16H33N/c1-4-16(2)14-12-10-8-6-5-7-9-11-13-15-17-3/h4,16-17H,1,5-15H2,2-3H3. The highest BCUT2D eigenvalue weighted by molar-refractivity contribution is 4.74. The molecule has 0 aromatic rings. The monoisotopic (exact) mass is 239 g/mol. The van der Waals surface area contributed by atoms with Crippen LogP contribution >= 0.6 is 0 Å². The van der Waals surface area contributed by atoms with E-state index < -0.39 is 0 Å². The van der Waals surface area contributed by atoms with Gasteiger partial charge in [0.05, 0.1) is 0 Å². The normalized spacial score (nSPS) is 12.6. The molecule has 0 aliphatic heterocycles. The minimum Gasteiger partial charge on any atom is -0.320 e. The van der Waals surface area contributed by atoms with E-state index in [1.54, 1.807) is 0 Å². The van der Waals surface area contributed by atoms with Gasteiger partial charge in [0, 0.05) is 0 Å². The molecule has 0 spiro atoms. The van der Waals surface area contributed by atoms with Crippen molar-refractivity contribution in [3.8, 4) is 0 Å². The third-order valence-corrected chi connectivity index (χ3v) is 3.49. The van der Waals surface area contributed by atoms with E-state index in [9.17, 15) is 0 Å². The van der Waals surface area contributed by atoms with E-state index in [1.807, 2.05) is 7.05 Å². The van der Waals surface area contributed by atoms with E-state index >= 15 is 0 Å². The summed E-state index contributed by atoms with van der Waals surface area (Å²) in [5, 5.41) is 3.20. The number of allylic oxidation sites excluding steroid dienone is 1. The van der Waals surface area contributed by atoms with Crippen molar-refractivity contribution in [1.82, 2.24) is 5.32 Å². The van der Waals surface area contributed by atoms with Crippen molar-refractivity contribution in [3.63, 3.8) is 0 Å². The highest BCUT2D eigenvalue weighted by atomic mass is 14.8. The Labute approximate surface area is 109 Å². The molecule has 0 heterocycles. The Morgan fingerprint density at radius 3 is 1.82 bits per heavy atom. The quantitative estimate of drug-likeness (QED) is 0.355. The molecule has 0 rings (SSSR count). The Bertz CT molecular complexity index is 154. The van der Waals surface area contributed by atoms with Gasteiger partial charge in [0.15, 0.2) is 0 Å². The van der Waals surface area contributed by atoms with Crippen molar-refractivity contribution in [2.45, 2.75) is 71.1 Å². The lowest BCUT2D eigenvalue weighted by Crippen LogP contribution is -2.06. The van der Waals surface area contributed by atoms with Gasteiger partial charge in [0.1, 0.15) is 0 Å². The summed E-state index contributed by atoms with van der Waals surface area (Å²) in [6.45, 7) is 7.27. The first-order valence-corrected chi connectivity index (χ1v) is 7.58. The zero-order chi connectivity index (χ0) is 12.8. The first kappa shape index (κ1) is 16.7. The third kappa shape index (κ3) is 13.6. The van der Waals surface area contributed by atoms with Gasteiger partial charge in [-0.2, -0.15) is 0 Å². The smallest absolute Gasteiger partial charge is 0.00519 e. The molecule has 1 unspecified atom stereocenters. The van der Waals surface area contributed by atoms with E-state index in [0.717, 1.165) is 0 Å². The van der Waals surface area contributed by atoms with Gasteiger partial charge in [0.25, 0.3) is 0 Å². The number of hydrogen-bond donors (Lipinski definition) is 1. The molecule has 0 aliphatic carbocycles. The molecule has 0 bridgehead atoms. The fourth-order valence-corrected chi connectivity index (χ4v) is 2.12. The molecule has 1 heteroatoms. The fourth-order valence-electron chi connectivity index (χ4n) is 2.12. The average molecular weight is 239 g/mol. The van der Waals surface area contributed by atoms with Crippen LogP contribution in [0, 0.1) is 5.92 Å². The summed E-state index contributed by atoms with van der Waals surface area (Å²) in [6, 6.07) is 0. The van der Waals surface area contributed by atoms with Crippen LogP contribution in [-0.4, -0.2) is 13.6 Å². The Morgan fingerprint density at radius 1 is 0.882 bits per heavy atom. The molecule has 1 atom stereocenters. The number of hydrogen-bond acceptors (Lipinski definition) is 1. The minimum atomic E-state index is 0.710. The topological polar surface area (TPSA) is 12.0 Å². The summed E-state index contributed by atoms with van der Waals surface area (Å²) in [5.74, 6) is 0.710. The molecule has 17 heavy (non-hydrogen) atoms. The molecule has 0 radical (unpaired) electrons. The van der Waals surface area contributed by atoms with Gasteiger partial charge >= 0.3 is 0 Å². The molecule has 1 N–H and O–H groups in total. The van der Waals surface area contributed by atoms with Crippen LogP contribution in [0.25, 0.3) is 0 Å². The van der Waals surface area contributed by atoms with Gasteiger partial charge in [-0.25, -0.2) is 0 Å². The van der Waals surface area contributed by atoms with Crippen LogP contribution in [0.3, 0.4) is 0 Å².